The first-order valence-electron chi connectivity index (χ1n) is 4.14. The zero-order valence-electron chi connectivity index (χ0n) is 7.69. The third-order valence-corrected chi connectivity index (χ3v) is 2.35. The van der Waals surface area contributed by atoms with E-state index in [0.29, 0.717) is 5.95 Å². The van der Waals surface area contributed by atoms with Gasteiger partial charge in [-0.2, -0.15) is 16.3 Å². The Kier molecular flexibility index (Phi) is 2.32. The summed E-state index contributed by atoms with van der Waals surface area (Å²) in [7, 11) is 0. The number of hydrogen-bond acceptors (Lipinski definition) is 5. The van der Waals surface area contributed by atoms with Gasteiger partial charge in [-0.1, -0.05) is 0 Å². The van der Waals surface area contributed by atoms with Crippen molar-refractivity contribution in [2.75, 3.05) is 11.1 Å². The van der Waals surface area contributed by atoms with Crippen LogP contribution in [0, 0.1) is 6.92 Å². The number of rotatable bonds is 2. The number of hydrogen-bond donors (Lipinski definition) is 2. The molecule has 0 fully saturated rings. The Morgan fingerprint density at radius 1 is 1.43 bits per heavy atom. The monoisotopic (exact) mass is 206 g/mol. The van der Waals surface area contributed by atoms with Gasteiger partial charge in [-0.05, 0) is 18.4 Å². The SMILES string of the molecule is Cc1cc(Nc2ccsc2)nc(N)n1. The van der Waals surface area contributed by atoms with Crippen LogP contribution in [0.5, 0.6) is 0 Å². The van der Waals surface area contributed by atoms with Crippen LogP contribution in [-0.4, -0.2) is 9.97 Å². The fourth-order valence-electron chi connectivity index (χ4n) is 1.14. The number of anilines is 3. The highest BCUT2D eigenvalue weighted by Gasteiger charge is 1.99. The van der Waals surface area contributed by atoms with E-state index in [1.54, 1.807) is 11.3 Å². The molecule has 2 aromatic heterocycles. The van der Waals surface area contributed by atoms with Crippen molar-refractivity contribution in [3.05, 3.63) is 28.6 Å². The molecule has 4 nitrogen and oxygen atoms in total. The van der Waals surface area contributed by atoms with Crippen LogP contribution in [0.25, 0.3) is 0 Å². The van der Waals surface area contributed by atoms with E-state index in [2.05, 4.69) is 15.3 Å². The molecule has 0 spiro atoms. The van der Waals surface area contributed by atoms with E-state index in [1.165, 1.54) is 0 Å². The van der Waals surface area contributed by atoms with Gasteiger partial charge in [-0.25, -0.2) is 4.98 Å². The third-order valence-electron chi connectivity index (χ3n) is 1.67. The van der Waals surface area contributed by atoms with Crippen molar-refractivity contribution in [3.63, 3.8) is 0 Å². The molecule has 2 rings (SSSR count). The maximum Gasteiger partial charge on any atom is 0.222 e. The van der Waals surface area contributed by atoms with Gasteiger partial charge in [-0.3, -0.25) is 0 Å². The van der Waals surface area contributed by atoms with Crippen LogP contribution < -0.4 is 11.1 Å². The fraction of sp³-hybridized carbons (Fsp3) is 0.111. The summed E-state index contributed by atoms with van der Waals surface area (Å²) in [5.74, 6) is 1.02. The van der Waals surface area contributed by atoms with Crippen molar-refractivity contribution >= 4 is 28.8 Å². The predicted octanol–water partition coefficient (Wildman–Crippen LogP) is 2.17. The lowest BCUT2D eigenvalue weighted by molar-refractivity contribution is 1.12. The number of aryl methyl sites for hydroxylation is 1. The Balaban J connectivity index is 2.25. The Bertz CT molecular complexity index is 404. The van der Waals surface area contributed by atoms with Crippen molar-refractivity contribution in [3.8, 4) is 0 Å². The zero-order valence-corrected chi connectivity index (χ0v) is 8.51. The van der Waals surface area contributed by atoms with Crippen LogP contribution in [-0.2, 0) is 0 Å². The van der Waals surface area contributed by atoms with E-state index < -0.39 is 0 Å². The Morgan fingerprint density at radius 2 is 2.29 bits per heavy atom. The lowest BCUT2D eigenvalue weighted by Crippen LogP contribution is -2.00. The summed E-state index contributed by atoms with van der Waals surface area (Å²) in [6, 6.07) is 3.84. The lowest BCUT2D eigenvalue weighted by Gasteiger charge is -2.04. The van der Waals surface area contributed by atoms with E-state index in [1.807, 2.05) is 29.8 Å². The molecule has 3 N–H and O–H groups in total. The first-order valence-corrected chi connectivity index (χ1v) is 5.09. The molecule has 2 heterocycles. The van der Waals surface area contributed by atoms with E-state index in [4.69, 9.17) is 5.73 Å². The van der Waals surface area contributed by atoms with Crippen LogP contribution >= 0.6 is 11.3 Å². The molecule has 0 amide bonds. The molecule has 0 aliphatic rings. The summed E-state index contributed by atoms with van der Waals surface area (Å²) < 4.78 is 0. The van der Waals surface area contributed by atoms with Gasteiger partial charge in [0.25, 0.3) is 0 Å². The van der Waals surface area contributed by atoms with Gasteiger partial charge in [-0.15, -0.1) is 0 Å². The smallest absolute Gasteiger partial charge is 0.222 e. The molecule has 0 atom stereocenters. The van der Waals surface area contributed by atoms with Crippen molar-refractivity contribution < 1.29 is 0 Å². The summed E-state index contributed by atoms with van der Waals surface area (Å²) in [4.78, 5) is 8.06. The number of nitrogen functional groups attached to an aromatic ring is 1. The lowest BCUT2D eigenvalue weighted by atomic mass is 10.4. The molecule has 5 heteroatoms. The van der Waals surface area contributed by atoms with Crippen molar-refractivity contribution in [1.29, 1.82) is 0 Å². The van der Waals surface area contributed by atoms with Crippen LogP contribution in [0.1, 0.15) is 5.69 Å². The molecular weight excluding hydrogens is 196 g/mol. The van der Waals surface area contributed by atoms with Gasteiger partial charge in [0, 0.05) is 17.1 Å². The molecular formula is C9H10N4S. The average molecular weight is 206 g/mol. The van der Waals surface area contributed by atoms with Gasteiger partial charge < -0.3 is 11.1 Å². The minimum absolute atomic E-state index is 0.294. The van der Waals surface area contributed by atoms with Gasteiger partial charge >= 0.3 is 0 Å². The molecule has 2 aromatic rings. The van der Waals surface area contributed by atoms with Gasteiger partial charge in [0.1, 0.15) is 5.82 Å². The molecule has 0 saturated heterocycles. The number of nitrogens with zero attached hydrogens (tertiary/aromatic N) is 2. The second kappa shape index (κ2) is 3.63. The Morgan fingerprint density at radius 3 is 2.93 bits per heavy atom. The predicted molar refractivity (Wildman–Crippen MR) is 58.8 cm³/mol. The molecule has 14 heavy (non-hydrogen) atoms. The minimum atomic E-state index is 0.294. The minimum Gasteiger partial charge on any atom is -0.368 e. The zero-order chi connectivity index (χ0) is 9.97. The van der Waals surface area contributed by atoms with Crippen molar-refractivity contribution in [2.45, 2.75) is 6.92 Å². The molecule has 0 aromatic carbocycles. The fourth-order valence-corrected chi connectivity index (χ4v) is 1.73. The summed E-state index contributed by atoms with van der Waals surface area (Å²) in [6.45, 7) is 1.89. The second-order valence-corrected chi connectivity index (χ2v) is 3.67. The highest BCUT2D eigenvalue weighted by molar-refractivity contribution is 7.08. The maximum absolute atomic E-state index is 5.53. The standard InChI is InChI=1S/C9H10N4S/c1-6-4-8(13-9(10)11-6)12-7-2-3-14-5-7/h2-5H,1H3,(H3,10,11,12,13). The normalized spacial score (nSPS) is 10.1. The third kappa shape index (κ3) is 2.00. The summed E-state index contributed by atoms with van der Waals surface area (Å²) >= 11 is 1.63. The Hall–Kier alpha value is -1.62. The van der Waals surface area contributed by atoms with Crippen LogP contribution in [0.15, 0.2) is 22.9 Å². The molecule has 0 bridgehead atoms. The van der Waals surface area contributed by atoms with Crippen LogP contribution in [0.3, 0.4) is 0 Å². The average Bonchev–Trinajstić information content (AvgIpc) is 2.54. The van der Waals surface area contributed by atoms with Gasteiger partial charge in [0.2, 0.25) is 5.95 Å². The van der Waals surface area contributed by atoms with Crippen molar-refractivity contribution in [1.82, 2.24) is 9.97 Å². The van der Waals surface area contributed by atoms with E-state index >= 15 is 0 Å². The highest BCUT2D eigenvalue weighted by atomic mass is 32.1. The number of nitrogens with two attached hydrogens (primary N) is 1. The molecule has 0 radical (unpaired) electrons. The molecule has 0 unspecified atom stereocenters. The van der Waals surface area contributed by atoms with E-state index in [0.717, 1.165) is 17.2 Å². The van der Waals surface area contributed by atoms with Gasteiger partial charge in [0.15, 0.2) is 0 Å². The van der Waals surface area contributed by atoms with Crippen LogP contribution in [0.4, 0.5) is 17.5 Å². The molecule has 0 aliphatic carbocycles. The van der Waals surface area contributed by atoms with Gasteiger partial charge in [0.05, 0.1) is 5.69 Å². The largest absolute Gasteiger partial charge is 0.368 e. The Labute approximate surface area is 85.8 Å². The summed E-state index contributed by atoms with van der Waals surface area (Å²) in [6.07, 6.45) is 0. The van der Waals surface area contributed by atoms with Crippen molar-refractivity contribution in [2.24, 2.45) is 0 Å². The number of aromatic nitrogens is 2. The summed E-state index contributed by atoms with van der Waals surface area (Å²) in [5, 5.41) is 7.15. The summed E-state index contributed by atoms with van der Waals surface area (Å²) in [5.41, 5.74) is 7.41. The maximum atomic E-state index is 5.53. The molecule has 0 saturated carbocycles. The first kappa shape index (κ1) is 8.96. The highest BCUT2D eigenvalue weighted by Crippen LogP contribution is 2.18. The molecule has 72 valence electrons. The van der Waals surface area contributed by atoms with E-state index in [-0.39, 0.29) is 0 Å². The number of thiophene rings is 1. The topological polar surface area (TPSA) is 63.8 Å². The second-order valence-electron chi connectivity index (χ2n) is 2.89. The van der Waals surface area contributed by atoms with E-state index in [9.17, 15) is 0 Å². The molecule has 0 aliphatic heterocycles. The number of nitrogens with one attached hydrogen (secondary N) is 1. The van der Waals surface area contributed by atoms with Crippen LogP contribution in [0.2, 0.25) is 0 Å². The first-order chi connectivity index (χ1) is 6.74. The quantitative estimate of drug-likeness (QED) is 0.790.